The zero-order valence-corrected chi connectivity index (χ0v) is 14.1. The molecule has 0 bridgehead atoms. The average Bonchev–Trinajstić information content (AvgIpc) is 3.04. The summed E-state index contributed by atoms with van der Waals surface area (Å²) in [5, 5.41) is 14.9. The van der Waals surface area contributed by atoms with E-state index < -0.39 is 6.10 Å². The van der Waals surface area contributed by atoms with Crippen LogP contribution >= 0.6 is 11.6 Å². The quantitative estimate of drug-likeness (QED) is 0.719. The Morgan fingerprint density at radius 1 is 1.17 bits per heavy atom. The van der Waals surface area contributed by atoms with E-state index in [0.29, 0.717) is 29.8 Å². The number of likely N-dealkylation sites (N-methyl/N-ethyl adjacent to an activating group) is 1. The molecule has 1 heterocycles. The van der Waals surface area contributed by atoms with E-state index in [1.165, 1.54) is 0 Å². The van der Waals surface area contributed by atoms with E-state index in [-0.39, 0.29) is 0 Å². The van der Waals surface area contributed by atoms with E-state index in [9.17, 15) is 5.11 Å². The molecule has 2 atom stereocenters. The van der Waals surface area contributed by atoms with Crippen LogP contribution in [0.3, 0.4) is 0 Å². The minimum Gasteiger partial charge on any atom is -0.382 e. The van der Waals surface area contributed by atoms with Gasteiger partial charge >= 0.3 is 0 Å². The summed E-state index contributed by atoms with van der Waals surface area (Å²) in [5.74, 6) is 1.05. The monoisotopic (exact) mass is 344 g/mol. The molecule has 0 aliphatic heterocycles. The summed E-state index contributed by atoms with van der Waals surface area (Å²) in [6, 6.07) is 16.9. The molecule has 1 unspecified atom stereocenters. The van der Waals surface area contributed by atoms with Gasteiger partial charge in [-0.05, 0) is 17.7 Å². The Balaban J connectivity index is 1.62. The van der Waals surface area contributed by atoms with Crippen LogP contribution in [0.1, 0.15) is 17.6 Å². The first-order valence-electron chi connectivity index (χ1n) is 7.74. The number of halogens is 1. The first kappa shape index (κ1) is 16.6. The second-order valence-corrected chi connectivity index (χ2v) is 6.22. The Morgan fingerprint density at radius 3 is 2.71 bits per heavy atom. The molecule has 0 aliphatic carbocycles. The van der Waals surface area contributed by atoms with E-state index in [4.69, 9.17) is 16.1 Å². The van der Waals surface area contributed by atoms with Crippen LogP contribution < -0.4 is 4.90 Å². The summed E-state index contributed by atoms with van der Waals surface area (Å²) < 4.78 is 5.31. The van der Waals surface area contributed by atoms with Crippen molar-refractivity contribution in [2.24, 2.45) is 0 Å². The summed E-state index contributed by atoms with van der Waals surface area (Å²) in [5.41, 5.74) is 1.72. The Labute approximate surface area is 145 Å². The van der Waals surface area contributed by atoms with Gasteiger partial charge in [0.05, 0.1) is 7.05 Å². The number of benzene rings is 2. The maximum Gasteiger partial charge on any atom is 0.282 e. The van der Waals surface area contributed by atoms with Gasteiger partial charge in [-0.1, -0.05) is 59.2 Å². The Morgan fingerprint density at radius 2 is 1.96 bits per heavy atom. The maximum atomic E-state index is 10.3. The molecule has 0 fully saturated rings. The van der Waals surface area contributed by atoms with E-state index in [1.807, 2.05) is 49.5 Å². The lowest BCUT2D eigenvalue weighted by Crippen LogP contribution is -3.08. The summed E-state index contributed by atoms with van der Waals surface area (Å²) in [6.07, 6.45) is -0.526. The van der Waals surface area contributed by atoms with Gasteiger partial charge in [0.1, 0.15) is 12.6 Å². The lowest BCUT2D eigenvalue weighted by molar-refractivity contribution is -0.899. The lowest BCUT2D eigenvalue weighted by atomic mass is 10.1. The van der Waals surface area contributed by atoms with Crippen molar-refractivity contribution in [2.45, 2.75) is 12.6 Å². The zero-order valence-electron chi connectivity index (χ0n) is 13.3. The van der Waals surface area contributed by atoms with Crippen molar-refractivity contribution >= 4 is 11.6 Å². The fourth-order valence-electron chi connectivity index (χ4n) is 2.52. The van der Waals surface area contributed by atoms with Gasteiger partial charge in [0.15, 0.2) is 6.54 Å². The van der Waals surface area contributed by atoms with Crippen LogP contribution in [0.5, 0.6) is 0 Å². The molecule has 124 valence electrons. The van der Waals surface area contributed by atoms with Gasteiger partial charge in [-0.15, -0.1) is 0 Å². The van der Waals surface area contributed by atoms with E-state index in [0.717, 1.165) is 16.0 Å². The standard InChI is InChI=1S/C18H18ClN3O2/c1-22(11-16(23)13-6-3-2-4-7-13)12-17-20-18(21-24-17)14-8-5-9-15(19)10-14/h2-10,16,23H,11-12H2,1H3/p+1/t16-/m0/s1. The first-order valence-corrected chi connectivity index (χ1v) is 8.12. The van der Waals surface area contributed by atoms with Crippen molar-refractivity contribution in [1.82, 2.24) is 10.1 Å². The number of aliphatic hydroxyl groups excluding tert-OH is 1. The highest BCUT2D eigenvalue weighted by molar-refractivity contribution is 6.30. The van der Waals surface area contributed by atoms with Gasteiger partial charge in [-0.25, -0.2) is 0 Å². The SMILES string of the molecule is C[NH+](Cc1nc(-c2cccc(Cl)c2)no1)C[C@H](O)c1ccccc1. The predicted octanol–water partition coefficient (Wildman–Crippen LogP) is 2.14. The summed E-state index contributed by atoms with van der Waals surface area (Å²) >= 11 is 5.98. The Kier molecular flexibility index (Phi) is 5.25. The maximum absolute atomic E-state index is 10.3. The molecular weight excluding hydrogens is 326 g/mol. The molecule has 3 rings (SSSR count). The predicted molar refractivity (Wildman–Crippen MR) is 91.6 cm³/mol. The molecular formula is C18H19ClN3O2+. The number of aromatic nitrogens is 2. The molecule has 2 aromatic carbocycles. The topological polar surface area (TPSA) is 63.6 Å². The number of aliphatic hydroxyl groups is 1. The molecule has 0 saturated carbocycles. The zero-order chi connectivity index (χ0) is 16.9. The smallest absolute Gasteiger partial charge is 0.282 e. The van der Waals surface area contributed by atoms with Crippen molar-refractivity contribution in [1.29, 1.82) is 0 Å². The number of quaternary nitrogens is 1. The fraction of sp³-hybridized carbons (Fsp3) is 0.222. The molecule has 3 aromatic rings. The number of nitrogens with one attached hydrogen (secondary N) is 1. The van der Waals surface area contributed by atoms with Crippen LogP contribution in [0.4, 0.5) is 0 Å². The minimum absolute atomic E-state index is 0.518. The van der Waals surface area contributed by atoms with Gasteiger partial charge < -0.3 is 14.5 Å². The molecule has 0 saturated heterocycles. The van der Waals surface area contributed by atoms with Crippen LogP contribution in [-0.2, 0) is 6.54 Å². The van der Waals surface area contributed by atoms with E-state index in [1.54, 1.807) is 12.1 Å². The lowest BCUT2D eigenvalue weighted by Gasteiger charge is -2.16. The van der Waals surface area contributed by atoms with Crippen molar-refractivity contribution in [3.8, 4) is 11.4 Å². The van der Waals surface area contributed by atoms with Crippen LogP contribution in [-0.4, -0.2) is 28.8 Å². The highest BCUT2D eigenvalue weighted by Crippen LogP contribution is 2.19. The highest BCUT2D eigenvalue weighted by atomic mass is 35.5. The van der Waals surface area contributed by atoms with Gasteiger partial charge in [-0.3, -0.25) is 0 Å². The number of hydrogen-bond acceptors (Lipinski definition) is 4. The van der Waals surface area contributed by atoms with Crippen LogP contribution in [0.25, 0.3) is 11.4 Å². The van der Waals surface area contributed by atoms with Crippen molar-refractivity contribution in [2.75, 3.05) is 13.6 Å². The second-order valence-electron chi connectivity index (χ2n) is 5.79. The normalized spacial score (nSPS) is 13.6. The summed E-state index contributed by atoms with van der Waals surface area (Å²) in [4.78, 5) is 5.48. The number of rotatable bonds is 6. The molecule has 24 heavy (non-hydrogen) atoms. The highest BCUT2D eigenvalue weighted by Gasteiger charge is 2.17. The third-order valence-electron chi connectivity index (χ3n) is 3.73. The third-order valence-corrected chi connectivity index (χ3v) is 3.97. The average molecular weight is 345 g/mol. The first-order chi connectivity index (χ1) is 11.6. The number of hydrogen-bond donors (Lipinski definition) is 2. The molecule has 0 amide bonds. The van der Waals surface area contributed by atoms with E-state index in [2.05, 4.69) is 10.1 Å². The van der Waals surface area contributed by atoms with E-state index >= 15 is 0 Å². The molecule has 0 aliphatic rings. The second kappa shape index (κ2) is 7.57. The molecule has 5 nitrogen and oxygen atoms in total. The molecule has 2 N–H and O–H groups in total. The van der Waals surface area contributed by atoms with Gasteiger partial charge in [-0.2, -0.15) is 4.98 Å². The summed E-state index contributed by atoms with van der Waals surface area (Å²) in [6.45, 7) is 1.09. The van der Waals surface area contributed by atoms with Crippen LogP contribution in [0, 0.1) is 0 Å². The molecule has 6 heteroatoms. The summed E-state index contributed by atoms with van der Waals surface area (Å²) in [7, 11) is 1.98. The fourth-order valence-corrected chi connectivity index (χ4v) is 2.72. The van der Waals surface area contributed by atoms with Gasteiger partial charge in [0.2, 0.25) is 5.82 Å². The van der Waals surface area contributed by atoms with Crippen molar-refractivity contribution in [3.05, 3.63) is 71.1 Å². The van der Waals surface area contributed by atoms with Gasteiger partial charge in [0.25, 0.3) is 5.89 Å². The Bertz CT molecular complexity index is 792. The number of nitrogens with zero attached hydrogens (tertiary/aromatic N) is 2. The van der Waals surface area contributed by atoms with Crippen molar-refractivity contribution in [3.63, 3.8) is 0 Å². The molecule has 1 aromatic heterocycles. The van der Waals surface area contributed by atoms with Crippen LogP contribution in [0.2, 0.25) is 5.02 Å². The Hall–Kier alpha value is -2.21. The largest absolute Gasteiger partial charge is 0.382 e. The molecule has 0 spiro atoms. The third kappa shape index (κ3) is 4.20. The van der Waals surface area contributed by atoms with Gasteiger partial charge in [0, 0.05) is 10.6 Å². The minimum atomic E-state index is -0.526. The van der Waals surface area contributed by atoms with Crippen molar-refractivity contribution < 1.29 is 14.5 Å². The molecule has 0 radical (unpaired) electrons. The van der Waals surface area contributed by atoms with Crippen LogP contribution in [0.15, 0.2) is 59.1 Å².